The number of hydrogen-bond acceptors (Lipinski definition) is 8. The van der Waals surface area contributed by atoms with Crippen molar-refractivity contribution < 1.29 is 23.7 Å². The average molecular weight is 433 g/mol. The van der Waals surface area contributed by atoms with E-state index in [0.717, 1.165) is 0 Å². The topological polar surface area (TPSA) is 101 Å². The van der Waals surface area contributed by atoms with Crippen LogP contribution in [-0.4, -0.2) is 50.5 Å². The summed E-state index contributed by atoms with van der Waals surface area (Å²) in [5.74, 6) is 0.912. The first-order valence-electron chi connectivity index (χ1n) is 9.04. The highest BCUT2D eigenvalue weighted by molar-refractivity contribution is 7.20. The summed E-state index contributed by atoms with van der Waals surface area (Å²) < 4.78 is 22.4. The molecule has 0 atom stereocenters. The summed E-state index contributed by atoms with van der Waals surface area (Å²) in [7, 11) is 6.07. The number of rotatable bonds is 8. The summed E-state index contributed by atoms with van der Waals surface area (Å²) in [5, 5.41) is 3.27. The molecule has 0 aliphatic carbocycles. The van der Waals surface area contributed by atoms with Gasteiger partial charge < -0.3 is 24.3 Å². The summed E-state index contributed by atoms with van der Waals surface area (Å²) in [4.78, 5) is 31.0. The second-order valence-electron chi connectivity index (χ2n) is 6.34. The van der Waals surface area contributed by atoms with E-state index in [4.69, 9.17) is 18.9 Å². The van der Waals surface area contributed by atoms with E-state index in [-0.39, 0.29) is 11.5 Å². The first-order chi connectivity index (χ1) is 14.4. The Morgan fingerprint density at radius 1 is 1.13 bits per heavy atom. The summed E-state index contributed by atoms with van der Waals surface area (Å²) in [6, 6.07) is 3.27. The molecule has 0 radical (unpaired) electrons. The Labute approximate surface area is 177 Å². The van der Waals surface area contributed by atoms with Crippen LogP contribution in [0.4, 0.5) is 5.69 Å². The van der Waals surface area contributed by atoms with Crippen molar-refractivity contribution in [2.75, 3.05) is 40.4 Å². The lowest BCUT2D eigenvalue weighted by atomic mass is 10.2. The number of fused-ring (bicyclic) bond motifs is 1. The number of ether oxygens (including phenoxy) is 4. The summed E-state index contributed by atoms with van der Waals surface area (Å²) >= 11 is 1.17. The van der Waals surface area contributed by atoms with E-state index in [2.05, 4.69) is 10.3 Å². The Morgan fingerprint density at radius 2 is 1.80 bits per heavy atom. The first-order valence-corrected chi connectivity index (χ1v) is 9.85. The van der Waals surface area contributed by atoms with Crippen molar-refractivity contribution in [3.63, 3.8) is 0 Å². The van der Waals surface area contributed by atoms with E-state index in [1.165, 1.54) is 43.6 Å². The lowest BCUT2D eigenvalue weighted by Crippen LogP contribution is -2.22. The monoisotopic (exact) mass is 433 g/mol. The number of amides is 1. The molecule has 3 aromatic rings. The van der Waals surface area contributed by atoms with Crippen LogP contribution in [0.1, 0.15) is 15.2 Å². The van der Waals surface area contributed by atoms with Gasteiger partial charge in [0.05, 0.1) is 51.1 Å². The quantitative estimate of drug-likeness (QED) is 0.583. The van der Waals surface area contributed by atoms with Gasteiger partial charge in [-0.05, 0) is 12.5 Å². The molecule has 0 bridgehead atoms. The van der Waals surface area contributed by atoms with Gasteiger partial charge in [0, 0.05) is 24.9 Å². The molecule has 0 saturated carbocycles. The van der Waals surface area contributed by atoms with Crippen molar-refractivity contribution in [3.05, 3.63) is 39.3 Å². The third-order valence-electron chi connectivity index (χ3n) is 4.58. The fraction of sp³-hybridized carbons (Fsp3) is 0.350. The molecule has 30 heavy (non-hydrogen) atoms. The average Bonchev–Trinajstić information content (AvgIpc) is 3.09. The molecule has 0 spiro atoms. The van der Waals surface area contributed by atoms with Gasteiger partial charge >= 0.3 is 0 Å². The molecule has 3 rings (SSSR count). The molecule has 0 aliphatic rings. The zero-order chi connectivity index (χ0) is 21.8. The predicted molar refractivity (Wildman–Crippen MR) is 115 cm³/mol. The van der Waals surface area contributed by atoms with Gasteiger partial charge in [-0.15, -0.1) is 11.3 Å². The van der Waals surface area contributed by atoms with Crippen LogP contribution in [0.3, 0.4) is 0 Å². The number of methoxy groups -OCH3 is 4. The van der Waals surface area contributed by atoms with Gasteiger partial charge in [-0.2, -0.15) is 0 Å². The molecule has 0 unspecified atom stereocenters. The van der Waals surface area contributed by atoms with E-state index >= 15 is 0 Å². The number of nitrogens with one attached hydrogen (secondary N) is 1. The van der Waals surface area contributed by atoms with E-state index < -0.39 is 0 Å². The third kappa shape index (κ3) is 3.96. The standard InChI is InChI=1S/C20H23N3O6S/c1-11-15-19(21-10-23(20(15)25)6-7-26-2)30-17(11)18(24)22-12-8-13(27-3)16(29-5)14(9-12)28-4/h8-10H,6-7H2,1-5H3,(H,22,24). The smallest absolute Gasteiger partial charge is 0.266 e. The highest BCUT2D eigenvalue weighted by atomic mass is 32.1. The van der Waals surface area contributed by atoms with Crippen molar-refractivity contribution in [1.29, 1.82) is 0 Å². The van der Waals surface area contributed by atoms with Crippen LogP contribution in [-0.2, 0) is 11.3 Å². The maximum Gasteiger partial charge on any atom is 0.266 e. The molecule has 1 aromatic carbocycles. The minimum atomic E-state index is -0.354. The van der Waals surface area contributed by atoms with E-state index in [0.29, 0.717) is 56.7 Å². The van der Waals surface area contributed by atoms with Crippen molar-refractivity contribution in [2.45, 2.75) is 13.5 Å². The van der Waals surface area contributed by atoms with Crippen LogP contribution >= 0.6 is 11.3 Å². The minimum absolute atomic E-state index is 0.197. The van der Waals surface area contributed by atoms with Gasteiger partial charge in [-0.1, -0.05) is 0 Å². The van der Waals surface area contributed by atoms with Crippen molar-refractivity contribution in [2.24, 2.45) is 0 Å². The highest BCUT2D eigenvalue weighted by Crippen LogP contribution is 2.40. The Morgan fingerprint density at radius 3 is 2.37 bits per heavy atom. The van der Waals surface area contributed by atoms with Crippen molar-refractivity contribution in [3.8, 4) is 17.2 Å². The molecular weight excluding hydrogens is 410 g/mol. The van der Waals surface area contributed by atoms with Crippen LogP contribution in [0.15, 0.2) is 23.3 Å². The van der Waals surface area contributed by atoms with Crippen LogP contribution in [0.5, 0.6) is 17.2 Å². The minimum Gasteiger partial charge on any atom is -0.493 e. The Bertz CT molecular complexity index is 1110. The largest absolute Gasteiger partial charge is 0.493 e. The van der Waals surface area contributed by atoms with Gasteiger partial charge in [-0.3, -0.25) is 14.2 Å². The molecule has 10 heteroatoms. The lowest BCUT2D eigenvalue weighted by Gasteiger charge is -2.14. The maximum absolute atomic E-state index is 13.0. The molecule has 1 N–H and O–H groups in total. The summed E-state index contributed by atoms with van der Waals surface area (Å²) in [6.45, 7) is 2.53. The zero-order valence-electron chi connectivity index (χ0n) is 17.4. The van der Waals surface area contributed by atoms with Gasteiger partial charge in [0.2, 0.25) is 5.75 Å². The Balaban J connectivity index is 1.97. The fourth-order valence-corrected chi connectivity index (χ4v) is 4.10. The summed E-state index contributed by atoms with van der Waals surface area (Å²) in [5.41, 5.74) is 0.860. The van der Waals surface area contributed by atoms with Gasteiger partial charge in [0.1, 0.15) is 4.83 Å². The molecule has 1 amide bonds. The lowest BCUT2D eigenvalue weighted by molar-refractivity contribution is 0.103. The van der Waals surface area contributed by atoms with Crippen LogP contribution in [0.2, 0.25) is 0 Å². The number of carbonyl (C=O) groups excluding carboxylic acids is 1. The number of aromatic nitrogens is 2. The normalized spacial score (nSPS) is 10.8. The number of benzene rings is 1. The molecule has 160 valence electrons. The van der Waals surface area contributed by atoms with E-state index in [1.54, 1.807) is 26.2 Å². The number of thiophene rings is 1. The Hall–Kier alpha value is -3.11. The van der Waals surface area contributed by atoms with Gasteiger partial charge in [0.15, 0.2) is 11.5 Å². The number of anilines is 1. The van der Waals surface area contributed by atoms with Crippen molar-refractivity contribution >= 4 is 33.1 Å². The van der Waals surface area contributed by atoms with Crippen molar-refractivity contribution in [1.82, 2.24) is 9.55 Å². The number of carbonyl (C=O) groups is 1. The highest BCUT2D eigenvalue weighted by Gasteiger charge is 2.21. The first kappa shape index (κ1) is 21.6. The van der Waals surface area contributed by atoms with E-state index in [9.17, 15) is 9.59 Å². The van der Waals surface area contributed by atoms with E-state index in [1.807, 2.05) is 0 Å². The van der Waals surface area contributed by atoms with Gasteiger partial charge in [-0.25, -0.2) is 4.98 Å². The number of hydrogen-bond donors (Lipinski definition) is 1. The zero-order valence-corrected chi connectivity index (χ0v) is 18.2. The number of aryl methyl sites for hydroxylation is 1. The van der Waals surface area contributed by atoms with Gasteiger partial charge in [0.25, 0.3) is 11.5 Å². The van der Waals surface area contributed by atoms with Crippen LogP contribution in [0.25, 0.3) is 10.2 Å². The second kappa shape index (κ2) is 9.14. The maximum atomic E-state index is 13.0. The molecule has 2 heterocycles. The number of nitrogens with zero attached hydrogens (tertiary/aromatic N) is 2. The molecule has 0 saturated heterocycles. The molecule has 9 nitrogen and oxygen atoms in total. The second-order valence-corrected chi connectivity index (χ2v) is 7.34. The summed E-state index contributed by atoms with van der Waals surface area (Å²) in [6.07, 6.45) is 1.47. The Kier molecular flexibility index (Phi) is 6.58. The molecular formula is C20H23N3O6S. The van der Waals surface area contributed by atoms with Crippen LogP contribution < -0.4 is 25.1 Å². The SMILES string of the molecule is COCCn1cnc2sc(C(=O)Nc3cc(OC)c(OC)c(OC)c3)c(C)c2c1=O. The predicted octanol–water partition coefficient (Wildman–Crippen LogP) is 2.69. The fourth-order valence-electron chi connectivity index (χ4n) is 3.07. The molecule has 2 aromatic heterocycles. The van der Waals surface area contributed by atoms with Crippen LogP contribution in [0, 0.1) is 6.92 Å². The third-order valence-corrected chi connectivity index (χ3v) is 5.78. The molecule has 0 fully saturated rings. The molecule has 0 aliphatic heterocycles.